The van der Waals surface area contributed by atoms with Gasteiger partial charge in [0, 0.05) is 20.6 Å². The van der Waals surface area contributed by atoms with E-state index in [0.29, 0.717) is 10.6 Å². The average Bonchev–Trinajstić information content (AvgIpc) is 2.73. The topological polar surface area (TPSA) is 58.4 Å². The van der Waals surface area contributed by atoms with Crippen LogP contribution in [0.4, 0.5) is 5.69 Å². The Morgan fingerprint density at radius 2 is 2.19 bits per heavy atom. The Kier molecular flexibility index (Phi) is 5.24. The molecule has 0 fully saturated rings. The largest absolute Gasteiger partial charge is 0.397 e. The van der Waals surface area contributed by atoms with Crippen LogP contribution in [-0.2, 0) is 0 Å². The first-order valence-electron chi connectivity index (χ1n) is 6.81. The van der Waals surface area contributed by atoms with Crippen molar-refractivity contribution in [2.45, 2.75) is 19.4 Å². The van der Waals surface area contributed by atoms with Crippen molar-refractivity contribution in [2.75, 3.05) is 26.4 Å². The number of amides is 1. The second-order valence-electron chi connectivity index (χ2n) is 5.45. The average molecular weight is 370 g/mol. The first kappa shape index (κ1) is 16.3. The lowest BCUT2D eigenvalue weighted by atomic mass is 10.2. The fourth-order valence-electron chi connectivity index (χ4n) is 2.07. The van der Waals surface area contributed by atoms with Gasteiger partial charge in [-0.15, -0.1) is 11.3 Å². The Labute approximate surface area is 137 Å². The fourth-order valence-corrected chi connectivity index (χ4v) is 3.65. The molecule has 114 valence electrons. The highest BCUT2D eigenvalue weighted by molar-refractivity contribution is 9.10. The van der Waals surface area contributed by atoms with Gasteiger partial charge in [0.15, 0.2) is 0 Å². The standard InChI is InChI=1S/C15H20BrN3OS/c1-9(6-7-19(2)3)18-15(20)14-13(17)11-5-4-10(16)8-12(11)21-14/h4-5,8-9H,6-7,17H2,1-3H3,(H,18,20). The second-order valence-corrected chi connectivity index (χ2v) is 7.42. The van der Waals surface area contributed by atoms with Crippen molar-refractivity contribution in [3.63, 3.8) is 0 Å². The molecule has 1 heterocycles. The number of carbonyl (C=O) groups excluding carboxylic acids is 1. The number of hydrogen-bond acceptors (Lipinski definition) is 4. The van der Waals surface area contributed by atoms with Crippen molar-refractivity contribution < 1.29 is 4.79 Å². The monoisotopic (exact) mass is 369 g/mol. The zero-order valence-corrected chi connectivity index (χ0v) is 14.8. The maximum Gasteiger partial charge on any atom is 0.263 e. The third-order valence-corrected chi connectivity index (χ3v) is 4.94. The third-order valence-electron chi connectivity index (χ3n) is 3.28. The van der Waals surface area contributed by atoms with Crippen molar-refractivity contribution in [3.8, 4) is 0 Å². The molecule has 0 saturated carbocycles. The van der Waals surface area contributed by atoms with Crippen molar-refractivity contribution in [1.29, 1.82) is 0 Å². The second kappa shape index (κ2) is 6.77. The molecule has 0 spiro atoms. The molecule has 1 unspecified atom stereocenters. The molecule has 0 aliphatic rings. The Morgan fingerprint density at radius 1 is 1.48 bits per heavy atom. The van der Waals surface area contributed by atoms with Crippen LogP contribution in [0.5, 0.6) is 0 Å². The van der Waals surface area contributed by atoms with Gasteiger partial charge in [-0.2, -0.15) is 0 Å². The molecule has 21 heavy (non-hydrogen) atoms. The smallest absolute Gasteiger partial charge is 0.263 e. The first-order valence-corrected chi connectivity index (χ1v) is 8.42. The molecule has 0 radical (unpaired) electrons. The fraction of sp³-hybridized carbons (Fsp3) is 0.400. The van der Waals surface area contributed by atoms with E-state index in [-0.39, 0.29) is 11.9 Å². The van der Waals surface area contributed by atoms with Crippen LogP contribution in [0.25, 0.3) is 10.1 Å². The molecule has 2 rings (SSSR count). The van der Waals surface area contributed by atoms with Crippen LogP contribution < -0.4 is 11.1 Å². The van der Waals surface area contributed by atoms with E-state index >= 15 is 0 Å². The van der Waals surface area contributed by atoms with Crippen molar-refractivity contribution in [3.05, 3.63) is 27.5 Å². The van der Waals surface area contributed by atoms with Crippen LogP contribution in [0.3, 0.4) is 0 Å². The maximum absolute atomic E-state index is 12.4. The molecule has 1 atom stereocenters. The molecule has 1 aromatic carbocycles. The van der Waals surface area contributed by atoms with E-state index in [1.165, 1.54) is 11.3 Å². The van der Waals surface area contributed by atoms with Gasteiger partial charge >= 0.3 is 0 Å². The highest BCUT2D eigenvalue weighted by atomic mass is 79.9. The number of nitrogens with one attached hydrogen (secondary N) is 1. The summed E-state index contributed by atoms with van der Waals surface area (Å²) in [6, 6.07) is 5.99. The Bertz CT molecular complexity index is 654. The lowest BCUT2D eigenvalue weighted by Gasteiger charge is -2.16. The highest BCUT2D eigenvalue weighted by Gasteiger charge is 2.18. The summed E-state index contributed by atoms with van der Waals surface area (Å²) in [5, 5.41) is 3.96. The molecular weight excluding hydrogens is 350 g/mol. The van der Waals surface area contributed by atoms with Crippen LogP contribution >= 0.6 is 27.3 Å². The molecule has 3 N–H and O–H groups in total. The number of thiophene rings is 1. The lowest BCUT2D eigenvalue weighted by Crippen LogP contribution is -2.34. The summed E-state index contributed by atoms with van der Waals surface area (Å²) in [6.07, 6.45) is 0.912. The normalized spacial score (nSPS) is 12.8. The van der Waals surface area contributed by atoms with Crippen molar-refractivity contribution >= 4 is 48.9 Å². The summed E-state index contributed by atoms with van der Waals surface area (Å²) < 4.78 is 2.01. The summed E-state index contributed by atoms with van der Waals surface area (Å²) in [5.41, 5.74) is 6.68. The third kappa shape index (κ3) is 3.96. The molecule has 1 aromatic heterocycles. The molecule has 1 amide bonds. The number of rotatable bonds is 5. The Morgan fingerprint density at radius 3 is 2.86 bits per heavy atom. The number of carbonyl (C=O) groups is 1. The number of nitrogens with zero attached hydrogens (tertiary/aromatic N) is 1. The number of anilines is 1. The number of hydrogen-bond donors (Lipinski definition) is 2. The minimum atomic E-state index is -0.0870. The molecular formula is C15H20BrN3OS. The van der Waals surface area contributed by atoms with Gasteiger partial charge in [-0.05, 0) is 46.1 Å². The number of halogens is 1. The van der Waals surface area contributed by atoms with Gasteiger partial charge in [0.2, 0.25) is 0 Å². The predicted molar refractivity (Wildman–Crippen MR) is 94.0 cm³/mol. The minimum absolute atomic E-state index is 0.0870. The van der Waals surface area contributed by atoms with Crippen LogP contribution in [0, 0.1) is 0 Å². The molecule has 4 nitrogen and oxygen atoms in total. The number of nitrogens with two attached hydrogens (primary N) is 1. The van der Waals surface area contributed by atoms with Gasteiger partial charge in [-0.3, -0.25) is 4.79 Å². The van der Waals surface area contributed by atoms with E-state index in [9.17, 15) is 4.79 Å². The van der Waals surface area contributed by atoms with Gasteiger partial charge in [0.25, 0.3) is 5.91 Å². The van der Waals surface area contributed by atoms with E-state index in [2.05, 4.69) is 26.1 Å². The summed E-state index contributed by atoms with van der Waals surface area (Å²) in [5.74, 6) is -0.0870. The summed E-state index contributed by atoms with van der Waals surface area (Å²) in [4.78, 5) is 15.1. The zero-order chi connectivity index (χ0) is 15.6. The molecule has 0 bridgehead atoms. The Balaban J connectivity index is 2.14. The molecule has 0 aliphatic carbocycles. The molecule has 2 aromatic rings. The Hall–Kier alpha value is -1.11. The van der Waals surface area contributed by atoms with E-state index in [0.717, 1.165) is 27.5 Å². The highest BCUT2D eigenvalue weighted by Crippen LogP contribution is 2.35. The number of benzene rings is 1. The minimum Gasteiger partial charge on any atom is -0.397 e. The first-order chi connectivity index (χ1) is 9.88. The number of nitrogen functional groups attached to an aromatic ring is 1. The van der Waals surface area contributed by atoms with Gasteiger partial charge < -0.3 is 16.0 Å². The van der Waals surface area contributed by atoms with Crippen molar-refractivity contribution in [2.24, 2.45) is 0 Å². The van der Waals surface area contributed by atoms with Crippen LogP contribution in [0.15, 0.2) is 22.7 Å². The van der Waals surface area contributed by atoms with Gasteiger partial charge in [-0.1, -0.05) is 22.0 Å². The number of fused-ring (bicyclic) bond motifs is 1. The van der Waals surface area contributed by atoms with Gasteiger partial charge in [-0.25, -0.2) is 0 Å². The van der Waals surface area contributed by atoms with Gasteiger partial charge in [0.1, 0.15) is 4.88 Å². The van der Waals surface area contributed by atoms with E-state index in [1.807, 2.05) is 39.2 Å². The molecule has 0 aliphatic heterocycles. The SMILES string of the molecule is CC(CCN(C)C)NC(=O)c1sc2cc(Br)ccc2c1N. The van der Waals surface area contributed by atoms with E-state index in [1.54, 1.807) is 0 Å². The van der Waals surface area contributed by atoms with Crippen molar-refractivity contribution in [1.82, 2.24) is 10.2 Å². The predicted octanol–water partition coefficient (Wildman–Crippen LogP) is 3.32. The van der Waals surface area contributed by atoms with E-state index < -0.39 is 0 Å². The summed E-state index contributed by atoms with van der Waals surface area (Å²) >= 11 is 4.87. The van der Waals surface area contributed by atoms with Crippen LogP contribution in [0.2, 0.25) is 0 Å². The maximum atomic E-state index is 12.4. The quantitative estimate of drug-likeness (QED) is 0.849. The summed E-state index contributed by atoms with van der Waals surface area (Å²) in [7, 11) is 4.05. The lowest BCUT2D eigenvalue weighted by molar-refractivity contribution is 0.0942. The molecule has 0 saturated heterocycles. The van der Waals surface area contributed by atoms with Crippen LogP contribution in [0.1, 0.15) is 23.0 Å². The zero-order valence-electron chi connectivity index (χ0n) is 12.4. The molecule has 6 heteroatoms. The van der Waals surface area contributed by atoms with E-state index in [4.69, 9.17) is 5.73 Å². The van der Waals surface area contributed by atoms with Crippen LogP contribution in [-0.4, -0.2) is 37.5 Å². The van der Waals surface area contributed by atoms with Gasteiger partial charge in [0.05, 0.1) is 5.69 Å². The summed E-state index contributed by atoms with van der Waals surface area (Å²) in [6.45, 7) is 2.96.